The molecule has 0 spiro atoms. The first-order valence-corrected chi connectivity index (χ1v) is 9.48. The van der Waals surface area contributed by atoms with Gasteiger partial charge in [0, 0.05) is 24.5 Å². The number of H-pyrrole nitrogens is 1. The minimum Gasteiger partial charge on any atom is -0.372 e. The van der Waals surface area contributed by atoms with Crippen LogP contribution in [-0.4, -0.2) is 28.5 Å². The smallest absolute Gasteiger partial charge is 0.329 e. The maximum Gasteiger partial charge on any atom is 0.329 e. The van der Waals surface area contributed by atoms with Crippen LogP contribution in [-0.2, 0) is 11.3 Å². The molecule has 0 unspecified atom stereocenters. The molecule has 1 aliphatic heterocycles. The Kier molecular flexibility index (Phi) is 4.97. The number of fused-ring (bicyclic) bond motifs is 1. The Morgan fingerprint density at radius 1 is 0.964 bits per heavy atom. The SMILES string of the molecule is O=C(Cn1c(=O)[nH]c(=O)c2ccccc21)Nc1ccc(N2CCCCC2)cc1. The average Bonchev–Trinajstić information content (AvgIpc) is 2.72. The molecule has 144 valence electrons. The number of nitrogens with one attached hydrogen (secondary N) is 2. The largest absolute Gasteiger partial charge is 0.372 e. The molecule has 0 radical (unpaired) electrons. The molecule has 0 atom stereocenters. The van der Waals surface area contributed by atoms with Crippen LogP contribution in [0.3, 0.4) is 0 Å². The summed E-state index contributed by atoms with van der Waals surface area (Å²) in [5, 5.41) is 3.19. The molecule has 4 rings (SSSR count). The first kappa shape index (κ1) is 18.0. The van der Waals surface area contributed by atoms with E-state index in [2.05, 4.69) is 15.2 Å². The zero-order chi connectivity index (χ0) is 19.5. The number of anilines is 2. The monoisotopic (exact) mass is 378 g/mol. The van der Waals surface area contributed by atoms with Gasteiger partial charge in [0.05, 0.1) is 10.9 Å². The summed E-state index contributed by atoms with van der Waals surface area (Å²) in [6, 6.07) is 14.5. The molecule has 1 fully saturated rings. The van der Waals surface area contributed by atoms with E-state index in [1.54, 1.807) is 24.3 Å². The van der Waals surface area contributed by atoms with Crippen molar-refractivity contribution in [2.75, 3.05) is 23.3 Å². The fraction of sp³-hybridized carbons (Fsp3) is 0.286. The van der Waals surface area contributed by atoms with Gasteiger partial charge in [-0.3, -0.25) is 19.1 Å². The highest BCUT2D eigenvalue weighted by Gasteiger charge is 2.13. The van der Waals surface area contributed by atoms with E-state index in [-0.39, 0.29) is 12.5 Å². The minimum atomic E-state index is -0.598. The lowest BCUT2D eigenvalue weighted by atomic mass is 10.1. The Hall–Kier alpha value is -3.35. The van der Waals surface area contributed by atoms with Crippen molar-refractivity contribution in [3.8, 4) is 0 Å². The van der Waals surface area contributed by atoms with Crippen LogP contribution in [0, 0.1) is 0 Å². The number of hydrogen-bond donors (Lipinski definition) is 2. The summed E-state index contributed by atoms with van der Waals surface area (Å²) in [5.74, 6) is -0.329. The number of aromatic amines is 1. The number of carbonyl (C=O) groups excluding carboxylic acids is 1. The standard InChI is InChI=1S/C21H22N4O3/c26-19(14-25-18-7-3-2-6-17(18)20(27)23-21(25)28)22-15-8-10-16(11-9-15)24-12-4-1-5-13-24/h2-3,6-11H,1,4-5,12-14H2,(H,22,26)(H,23,27,28). The van der Waals surface area contributed by atoms with Crippen LogP contribution < -0.4 is 21.5 Å². The van der Waals surface area contributed by atoms with Gasteiger partial charge >= 0.3 is 5.69 Å². The van der Waals surface area contributed by atoms with Crippen molar-refractivity contribution in [1.29, 1.82) is 0 Å². The molecule has 7 nitrogen and oxygen atoms in total. The van der Waals surface area contributed by atoms with Gasteiger partial charge < -0.3 is 10.2 Å². The van der Waals surface area contributed by atoms with Crippen LogP contribution in [0.2, 0.25) is 0 Å². The quantitative estimate of drug-likeness (QED) is 0.729. The lowest BCUT2D eigenvalue weighted by molar-refractivity contribution is -0.116. The van der Waals surface area contributed by atoms with Gasteiger partial charge in [-0.05, 0) is 55.7 Å². The van der Waals surface area contributed by atoms with Gasteiger partial charge in [0.15, 0.2) is 0 Å². The summed E-state index contributed by atoms with van der Waals surface area (Å²) < 4.78 is 1.27. The van der Waals surface area contributed by atoms with Gasteiger partial charge in [0.1, 0.15) is 6.54 Å². The maximum atomic E-state index is 12.5. The molecule has 1 saturated heterocycles. The Bertz CT molecular complexity index is 1110. The molecule has 0 saturated carbocycles. The second-order valence-corrected chi connectivity index (χ2v) is 7.01. The number of nitrogens with zero attached hydrogens (tertiary/aromatic N) is 2. The van der Waals surface area contributed by atoms with Crippen molar-refractivity contribution in [2.45, 2.75) is 25.8 Å². The number of hydrogen-bond acceptors (Lipinski definition) is 4. The Labute approximate surface area is 161 Å². The van der Waals surface area contributed by atoms with E-state index >= 15 is 0 Å². The van der Waals surface area contributed by atoms with Crippen molar-refractivity contribution in [3.63, 3.8) is 0 Å². The molecule has 2 aromatic carbocycles. The summed E-state index contributed by atoms with van der Waals surface area (Å²) >= 11 is 0. The second kappa shape index (κ2) is 7.72. The third-order valence-electron chi connectivity index (χ3n) is 5.08. The van der Waals surface area contributed by atoms with E-state index in [9.17, 15) is 14.4 Å². The van der Waals surface area contributed by atoms with Crippen LogP contribution in [0.15, 0.2) is 58.1 Å². The van der Waals surface area contributed by atoms with Crippen molar-refractivity contribution < 1.29 is 4.79 Å². The molecule has 2 heterocycles. The van der Waals surface area contributed by atoms with Gasteiger partial charge in [-0.2, -0.15) is 0 Å². The number of benzene rings is 2. The highest BCUT2D eigenvalue weighted by molar-refractivity contribution is 5.91. The summed E-state index contributed by atoms with van der Waals surface area (Å²) in [6.45, 7) is 1.95. The molecule has 0 bridgehead atoms. The van der Waals surface area contributed by atoms with E-state index in [1.165, 1.54) is 23.8 Å². The van der Waals surface area contributed by atoms with E-state index in [0.29, 0.717) is 16.6 Å². The third kappa shape index (κ3) is 3.69. The molecule has 2 N–H and O–H groups in total. The molecule has 28 heavy (non-hydrogen) atoms. The summed E-state index contributed by atoms with van der Waals surface area (Å²) in [7, 11) is 0. The Balaban J connectivity index is 1.50. The minimum absolute atomic E-state index is 0.177. The zero-order valence-corrected chi connectivity index (χ0v) is 15.5. The highest BCUT2D eigenvalue weighted by atomic mass is 16.2. The third-order valence-corrected chi connectivity index (χ3v) is 5.08. The number of carbonyl (C=O) groups is 1. The second-order valence-electron chi connectivity index (χ2n) is 7.01. The predicted molar refractivity (Wildman–Crippen MR) is 110 cm³/mol. The number of rotatable bonds is 4. The van der Waals surface area contributed by atoms with E-state index in [0.717, 1.165) is 18.8 Å². The molecular formula is C21H22N4O3. The van der Waals surface area contributed by atoms with Crippen molar-refractivity contribution in [2.24, 2.45) is 0 Å². The number of amides is 1. The number of piperidine rings is 1. The normalized spacial score (nSPS) is 14.2. The van der Waals surface area contributed by atoms with Gasteiger partial charge in [-0.1, -0.05) is 12.1 Å². The molecule has 1 aromatic heterocycles. The maximum absolute atomic E-state index is 12.5. The Morgan fingerprint density at radius 2 is 1.68 bits per heavy atom. The van der Waals surface area contributed by atoms with E-state index < -0.39 is 11.2 Å². The van der Waals surface area contributed by atoms with Gasteiger partial charge in [-0.15, -0.1) is 0 Å². The summed E-state index contributed by atoms with van der Waals surface area (Å²) in [4.78, 5) is 41.2. The molecule has 3 aromatic rings. The zero-order valence-electron chi connectivity index (χ0n) is 15.5. The summed E-state index contributed by atoms with van der Waals surface area (Å²) in [6.07, 6.45) is 3.70. The predicted octanol–water partition coefficient (Wildman–Crippen LogP) is 2.32. The molecule has 7 heteroatoms. The average molecular weight is 378 g/mol. The van der Waals surface area contributed by atoms with Crippen molar-refractivity contribution >= 4 is 28.2 Å². The van der Waals surface area contributed by atoms with Crippen LogP contribution in [0.5, 0.6) is 0 Å². The van der Waals surface area contributed by atoms with Crippen LogP contribution in [0.25, 0.3) is 10.9 Å². The molecular weight excluding hydrogens is 356 g/mol. The van der Waals surface area contributed by atoms with E-state index in [4.69, 9.17) is 0 Å². The van der Waals surface area contributed by atoms with Crippen molar-refractivity contribution in [1.82, 2.24) is 9.55 Å². The van der Waals surface area contributed by atoms with Crippen molar-refractivity contribution in [3.05, 3.63) is 69.4 Å². The number of para-hydroxylation sites is 1. The lowest BCUT2D eigenvalue weighted by Gasteiger charge is -2.28. The van der Waals surface area contributed by atoms with Gasteiger partial charge in [0.25, 0.3) is 5.56 Å². The van der Waals surface area contributed by atoms with E-state index in [1.807, 2.05) is 24.3 Å². The first-order valence-electron chi connectivity index (χ1n) is 9.48. The lowest BCUT2D eigenvalue weighted by Crippen LogP contribution is -2.34. The molecule has 0 aliphatic carbocycles. The molecule has 1 amide bonds. The highest BCUT2D eigenvalue weighted by Crippen LogP contribution is 2.21. The van der Waals surface area contributed by atoms with Crippen LogP contribution >= 0.6 is 0 Å². The van der Waals surface area contributed by atoms with Gasteiger partial charge in [-0.25, -0.2) is 4.79 Å². The van der Waals surface area contributed by atoms with Gasteiger partial charge in [0.2, 0.25) is 5.91 Å². The summed E-state index contributed by atoms with van der Waals surface area (Å²) in [5.41, 5.74) is 1.21. The number of aromatic nitrogens is 2. The Morgan fingerprint density at radius 3 is 2.43 bits per heavy atom. The van der Waals surface area contributed by atoms with Crippen LogP contribution in [0.4, 0.5) is 11.4 Å². The fourth-order valence-electron chi connectivity index (χ4n) is 3.65. The molecule has 1 aliphatic rings. The fourth-order valence-corrected chi connectivity index (χ4v) is 3.65. The topological polar surface area (TPSA) is 87.2 Å². The first-order chi connectivity index (χ1) is 13.6. The van der Waals surface area contributed by atoms with Crippen LogP contribution in [0.1, 0.15) is 19.3 Å².